The molecular weight excluding hydrogens is 495 g/mol. The quantitative estimate of drug-likeness (QED) is 0.551. The minimum absolute atomic E-state index is 0.153. The lowest BCUT2D eigenvalue weighted by molar-refractivity contribution is -0.144. The summed E-state index contributed by atoms with van der Waals surface area (Å²) >= 11 is 0. The lowest BCUT2D eigenvalue weighted by atomic mass is 9.78. The van der Waals surface area contributed by atoms with Gasteiger partial charge in [-0.05, 0) is 63.0 Å². The van der Waals surface area contributed by atoms with Gasteiger partial charge in [0.1, 0.15) is 0 Å². The van der Waals surface area contributed by atoms with Crippen molar-refractivity contribution in [1.82, 2.24) is 24.6 Å². The second-order valence-corrected chi connectivity index (χ2v) is 11.5. The third kappa shape index (κ3) is 4.58. The minimum atomic E-state index is -4.43. The Balaban J connectivity index is 1.12. The van der Waals surface area contributed by atoms with Crippen LogP contribution in [0.2, 0.25) is 0 Å². The molecule has 4 aliphatic rings. The molecule has 2 saturated carbocycles. The number of alkyl halides is 3. The van der Waals surface area contributed by atoms with Gasteiger partial charge in [0, 0.05) is 62.8 Å². The van der Waals surface area contributed by atoms with Crippen LogP contribution < -0.4 is 4.74 Å². The van der Waals surface area contributed by atoms with Crippen LogP contribution in [0.1, 0.15) is 74.7 Å². The summed E-state index contributed by atoms with van der Waals surface area (Å²) in [6.07, 6.45) is 5.94. The van der Waals surface area contributed by atoms with Gasteiger partial charge in [0.05, 0.1) is 23.6 Å². The van der Waals surface area contributed by atoms with Crippen LogP contribution >= 0.6 is 0 Å². The smallest absolute Gasteiger partial charge is 0.417 e. The van der Waals surface area contributed by atoms with Crippen molar-refractivity contribution in [3.05, 3.63) is 41.3 Å². The summed E-state index contributed by atoms with van der Waals surface area (Å²) in [5.41, 5.74) is 0.104. The zero-order valence-corrected chi connectivity index (χ0v) is 21.9. The maximum Gasteiger partial charge on any atom is 0.417 e. The molecular formula is C28H36F3N5O2. The van der Waals surface area contributed by atoms with Crippen LogP contribution in [0.4, 0.5) is 13.2 Å². The Labute approximate surface area is 221 Å². The number of carbonyl (C=O) groups is 1. The Morgan fingerprint density at radius 2 is 2.00 bits per heavy atom. The summed E-state index contributed by atoms with van der Waals surface area (Å²) in [6.45, 7) is 5.29. The molecule has 2 aromatic heterocycles. The van der Waals surface area contributed by atoms with Gasteiger partial charge < -0.3 is 14.5 Å². The van der Waals surface area contributed by atoms with E-state index in [1.165, 1.54) is 6.07 Å². The number of pyridine rings is 1. The highest BCUT2D eigenvalue weighted by atomic mass is 19.4. The molecule has 4 heterocycles. The molecule has 2 aliphatic heterocycles. The zero-order chi connectivity index (χ0) is 26.5. The monoisotopic (exact) mass is 531 g/mol. The van der Waals surface area contributed by atoms with Crippen LogP contribution in [-0.4, -0.2) is 62.8 Å². The second kappa shape index (κ2) is 9.84. The van der Waals surface area contributed by atoms with E-state index in [0.29, 0.717) is 54.7 Å². The standard InChI is InChI=1S/C28H36F3N5O2/c1-2-38-25-8-13-36(33-25)22-5-10-34(11-6-22)23-15-20-4-3-9-27(20,16-23)26(37)35-12-7-24-19(18-35)14-21(17-32-24)28(29,30)31/h8,13-14,17,20,22-23H,2-7,9-12,15-16,18H2,1H3/t20-,23-,27-/m1/s1. The molecule has 6 rings (SSSR count). The third-order valence-electron chi connectivity index (χ3n) is 9.46. The largest absolute Gasteiger partial charge is 0.477 e. The van der Waals surface area contributed by atoms with E-state index in [4.69, 9.17) is 4.74 Å². The van der Waals surface area contributed by atoms with Crippen molar-refractivity contribution in [3.63, 3.8) is 0 Å². The summed E-state index contributed by atoms with van der Waals surface area (Å²) in [5.74, 6) is 1.18. The molecule has 0 spiro atoms. The summed E-state index contributed by atoms with van der Waals surface area (Å²) in [6, 6.07) is 3.85. The van der Waals surface area contributed by atoms with E-state index in [2.05, 4.69) is 15.0 Å². The van der Waals surface area contributed by atoms with Gasteiger partial charge in [0.15, 0.2) is 0 Å². The fraction of sp³-hybridized carbons (Fsp3) is 0.679. The number of ether oxygens (including phenoxy) is 1. The molecule has 0 radical (unpaired) electrons. The van der Waals surface area contributed by atoms with Crippen LogP contribution in [0.15, 0.2) is 24.5 Å². The fourth-order valence-electron chi connectivity index (χ4n) is 7.57. The number of hydrogen-bond acceptors (Lipinski definition) is 5. The summed E-state index contributed by atoms with van der Waals surface area (Å²) in [7, 11) is 0. The van der Waals surface area contributed by atoms with E-state index in [1.807, 2.05) is 28.8 Å². The van der Waals surface area contributed by atoms with Gasteiger partial charge in [0.2, 0.25) is 11.8 Å². The predicted molar refractivity (Wildman–Crippen MR) is 134 cm³/mol. The average Bonchev–Trinajstić information content (AvgIpc) is 3.62. The van der Waals surface area contributed by atoms with Gasteiger partial charge >= 0.3 is 6.18 Å². The molecule has 1 saturated heterocycles. The van der Waals surface area contributed by atoms with Crippen LogP contribution in [0.25, 0.3) is 0 Å². The minimum Gasteiger partial charge on any atom is -0.477 e. The number of rotatable bonds is 5. The summed E-state index contributed by atoms with van der Waals surface area (Å²) < 4.78 is 47.4. The maximum absolute atomic E-state index is 14.1. The number of amides is 1. The van der Waals surface area contributed by atoms with E-state index in [-0.39, 0.29) is 17.9 Å². The first kappa shape index (κ1) is 25.6. The molecule has 2 aliphatic carbocycles. The van der Waals surface area contributed by atoms with Crippen molar-refractivity contribution in [2.45, 2.75) is 83.1 Å². The molecule has 2 aromatic rings. The second-order valence-electron chi connectivity index (χ2n) is 11.5. The number of halogens is 3. The number of likely N-dealkylation sites (tertiary alicyclic amines) is 1. The van der Waals surface area contributed by atoms with Crippen LogP contribution in [0.3, 0.4) is 0 Å². The number of piperidine rings is 1. The summed E-state index contributed by atoms with van der Waals surface area (Å²) in [5, 5.41) is 4.57. The number of carbonyl (C=O) groups excluding carboxylic acids is 1. The van der Waals surface area contributed by atoms with Crippen molar-refractivity contribution in [2.75, 3.05) is 26.2 Å². The first-order valence-electron chi connectivity index (χ1n) is 14.0. The summed E-state index contributed by atoms with van der Waals surface area (Å²) in [4.78, 5) is 22.5. The Kier molecular flexibility index (Phi) is 6.64. The average molecular weight is 532 g/mol. The van der Waals surface area contributed by atoms with Crippen LogP contribution in [0, 0.1) is 11.3 Å². The van der Waals surface area contributed by atoms with E-state index in [1.54, 1.807) is 0 Å². The van der Waals surface area contributed by atoms with Gasteiger partial charge in [-0.2, -0.15) is 13.2 Å². The van der Waals surface area contributed by atoms with Crippen molar-refractivity contribution >= 4 is 5.91 Å². The molecule has 206 valence electrons. The molecule has 7 nitrogen and oxygen atoms in total. The first-order chi connectivity index (χ1) is 18.3. The number of hydrogen-bond donors (Lipinski definition) is 0. The predicted octanol–water partition coefficient (Wildman–Crippen LogP) is 4.87. The Morgan fingerprint density at radius 1 is 1.18 bits per heavy atom. The fourth-order valence-corrected chi connectivity index (χ4v) is 7.57. The van der Waals surface area contributed by atoms with Crippen molar-refractivity contribution < 1.29 is 22.7 Å². The van der Waals surface area contributed by atoms with Crippen LogP contribution in [0.5, 0.6) is 5.88 Å². The zero-order valence-electron chi connectivity index (χ0n) is 21.9. The molecule has 0 N–H and O–H groups in total. The topological polar surface area (TPSA) is 63.5 Å². The molecule has 0 bridgehead atoms. The highest BCUT2D eigenvalue weighted by Gasteiger charge is 2.57. The molecule has 0 aromatic carbocycles. The third-order valence-corrected chi connectivity index (χ3v) is 9.46. The molecule has 10 heteroatoms. The molecule has 0 unspecified atom stereocenters. The van der Waals surface area contributed by atoms with Gasteiger partial charge in [-0.1, -0.05) is 6.42 Å². The van der Waals surface area contributed by atoms with E-state index in [0.717, 1.165) is 64.2 Å². The lowest BCUT2D eigenvalue weighted by Crippen LogP contribution is -2.47. The van der Waals surface area contributed by atoms with E-state index >= 15 is 0 Å². The van der Waals surface area contributed by atoms with E-state index in [9.17, 15) is 18.0 Å². The van der Waals surface area contributed by atoms with Gasteiger partial charge in [-0.25, -0.2) is 0 Å². The van der Waals surface area contributed by atoms with Crippen LogP contribution in [-0.2, 0) is 23.9 Å². The highest BCUT2D eigenvalue weighted by Crippen LogP contribution is 2.57. The number of fused-ring (bicyclic) bond motifs is 2. The lowest BCUT2D eigenvalue weighted by Gasteiger charge is -2.39. The van der Waals surface area contributed by atoms with Gasteiger partial charge in [-0.3, -0.25) is 14.5 Å². The number of aromatic nitrogens is 3. The normalized spacial score (nSPS) is 28.4. The maximum atomic E-state index is 14.1. The highest BCUT2D eigenvalue weighted by molar-refractivity contribution is 5.84. The molecule has 38 heavy (non-hydrogen) atoms. The van der Waals surface area contributed by atoms with Gasteiger partial charge in [-0.15, -0.1) is 5.10 Å². The van der Waals surface area contributed by atoms with Crippen molar-refractivity contribution in [3.8, 4) is 5.88 Å². The van der Waals surface area contributed by atoms with Crippen molar-refractivity contribution in [2.24, 2.45) is 11.3 Å². The Morgan fingerprint density at radius 3 is 2.76 bits per heavy atom. The Hall–Kier alpha value is -2.62. The van der Waals surface area contributed by atoms with Gasteiger partial charge in [0.25, 0.3) is 0 Å². The van der Waals surface area contributed by atoms with Crippen molar-refractivity contribution in [1.29, 1.82) is 0 Å². The SMILES string of the molecule is CCOc1ccn(C2CCN([C@@H]3C[C@H]4CCC[C@@]4(C(=O)N4CCc5ncc(C(F)(F)F)cc5C4)C3)CC2)n1. The first-order valence-corrected chi connectivity index (χ1v) is 14.0. The Bertz CT molecular complexity index is 1180. The number of nitrogens with zero attached hydrogens (tertiary/aromatic N) is 5. The molecule has 3 fully saturated rings. The molecule has 1 amide bonds. The molecule has 3 atom stereocenters. The van der Waals surface area contributed by atoms with E-state index < -0.39 is 11.7 Å².